The summed E-state index contributed by atoms with van der Waals surface area (Å²) in [6.07, 6.45) is 4.86. The third-order valence-electron chi connectivity index (χ3n) is 4.20. The van der Waals surface area contributed by atoms with Gasteiger partial charge >= 0.3 is 0 Å². The van der Waals surface area contributed by atoms with Crippen molar-refractivity contribution in [2.75, 3.05) is 7.11 Å². The first kappa shape index (κ1) is 17.2. The van der Waals surface area contributed by atoms with Crippen LogP contribution >= 0.6 is 0 Å². The Morgan fingerprint density at radius 3 is 2.91 bits per heavy atom. The first-order valence-corrected chi connectivity index (χ1v) is 8.07. The van der Waals surface area contributed by atoms with Crippen LogP contribution in [0.25, 0.3) is 0 Å². The van der Waals surface area contributed by atoms with E-state index in [1.807, 2.05) is 30.3 Å². The molecule has 1 fully saturated rings. The molecule has 1 aromatic carbocycles. The highest BCUT2D eigenvalue weighted by molar-refractivity contribution is 5.89. The highest BCUT2D eigenvalue weighted by Crippen LogP contribution is 2.25. The van der Waals surface area contributed by atoms with Gasteiger partial charge in [0.15, 0.2) is 6.10 Å². The minimum atomic E-state index is -0.665. The van der Waals surface area contributed by atoms with Crippen LogP contribution in [-0.2, 0) is 9.53 Å². The number of rotatable bonds is 6. The van der Waals surface area contributed by atoms with Crippen molar-refractivity contribution in [3.8, 4) is 6.07 Å². The van der Waals surface area contributed by atoms with Crippen LogP contribution in [0.5, 0.6) is 0 Å². The molecule has 2 atom stereocenters. The van der Waals surface area contributed by atoms with Gasteiger partial charge in [-0.1, -0.05) is 36.8 Å². The summed E-state index contributed by atoms with van der Waals surface area (Å²) in [7, 11) is 1.51. The molecule has 0 aromatic heterocycles. The van der Waals surface area contributed by atoms with Crippen LogP contribution in [0.3, 0.4) is 0 Å². The minimum absolute atomic E-state index is 0.268. The Morgan fingerprint density at radius 2 is 2.22 bits per heavy atom. The van der Waals surface area contributed by atoms with Gasteiger partial charge in [0.2, 0.25) is 0 Å². The van der Waals surface area contributed by atoms with Crippen LogP contribution in [0.1, 0.15) is 50.2 Å². The topological polar surface area (TPSA) is 74.5 Å². The van der Waals surface area contributed by atoms with Gasteiger partial charge in [0.05, 0.1) is 6.07 Å². The molecule has 2 rings (SSSR count). The van der Waals surface area contributed by atoms with E-state index in [0.29, 0.717) is 12.3 Å². The van der Waals surface area contributed by atoms with Gasteiger partial charge in [0.25, 0.3) is 5.91 Å². The molecule has 5 nitrogen and oxygen atoms in total. The molecule has 1 aliphatic rings. The number of nitrogens with one attached hydrogen (secondary N) is 1. The number of hydrogen-bond donors (Lipinski definition) is 1. The number of amides is 1. The molecule has 1 saturated carbocycles. The average Bonchev–Trinajstić information content (AvgIpc) is 2.60. The Labute approximate surface area is 137 Å². The molecule has 0 aliphatic heterocycles. The lowest BCUT2D eigenvalue weighted by atomic mass is 9.84. The Kier molecular flexibility index (Phi) is 6.76. The van der Waals surface area contributed by atoms with E-state index in [9.17, 15) is 4.79 Å². The van der Waals surface area contributed by atoms with Crippen molar-refractivity contribution >= 4 is 11.6 Å². The summed E-state index contributed by atoms with van der Waals surface area (Å²) < 4.78 is 5.31. The fraction of sp³-hybridized carbons (Fsp3) is 0.500. The van der Waals surface area contributed by atoms with E-state index in [2.05, 4.69) is 16.6 Å². The van der Waals surface area contributed by atoms with Crippen molar-refractivity contribution in [2.24, 2.45) is 11.0 Å². The van der Waals surface area contributed by atoms with Gasteiger partial charge in [-0.25, -0.2) is 5.43 Å². The van der Waals surface area contributed by atoms with E-state index in [-0.39, 0.29) is 5.91 Å². The monoisotopic (exact) mass is 313 g/mol. The third kappa shape index (κ3) is 4.90. The van der Waals surface area contributed by atoms with Crippen LogP contribution in [-0.4, -0.2) is 18.7 Å². The first-order valence-electron chi connectivity index (χ1n) is 8.07. The second kappa shape index (κ2) is 9.06. The van der Waals surface area contributed by atoms with Crippen LogP contribution < -0.4 is 5.43 Å². The van der Waals surface area contributed by atoms with Gasteiger partial charge in [-0.3, -0.25) is 4.79 Å². The molecule has 1 amide bonds. The molecule has 0 bridgehead atoms. The summed E-state index contributed by atoms with van der Waals surface area (Å²) in [5.74, 6) is 0.0391. The van der Waals surface area contributed by atoms with Crippen molar-refractivity contribution in [3.05, 3.63) is 35.9 Å². The highest BCUT2D eigenvalue weighted by atomic mass is 16.5. The number of nitriles is 1. The largest absolute Gasteiger partial charge is 0.367 e. The van der Waals surface area contributed by atoms with Gasteiger partial charge in [-0.15, -0.1) is 0 Å². The second-order valence-corrected chi connectivity index (χ2v) is 5.75. The molecule has 23 heavy (non-hydrogen) atoms. The Morgan fingerprint density at radius 1 is 1.43 bits per heavy atom. The predicted molar refractivity (Wildman–Crippen MR) is 88.6 cm³/mol. The summed E-state index contributed by atoms with van der Waals surface area (Å²) >= 11 is 0. The zero-order chi connectivity index (χ0) is 16.5. The summed E-state index contributed by atoms with van der Waals surface area (Å²) in [6.45, 7) is 0. The molecular formula is C18H23N3O2. The van der Waals surface area contributed by atoms with Crippen molar-refractivity contribution in [1.29, 1.82) is 5.26 Å². The fourth-order valence-corrected chi connectivity index (χ4v) is 2.97. The lowest BCUT2D eigenvalue weighted by Crippen LogP contribution is -2.30. The third-order valence-corrected chi connectivity index (χ3v) is 4.20. The average molecular weight is 313 g/mol. The predicted octanol–water partition coefficient (Wildman–Crippen LogP) is 3.34. The molecule has 0 radical (unpaired) electrons. The van der Waals surface area contributed by atoms with E-state index in [0.717, 1.165) is 43.4 Å². The quantitative estimate of drug-likeness (QED) is 0.818. The zero-order valence-electron chi connectivity index (χ0n) is 13.5. The van der Waals surface area contributed by atoms with Gasteiger partial charge in [-0.2, -0.15) is 10.4 Å². The van der Waals surface area contributed by atoms with Crippen LogP contribution in [0.4, 0.5) is 0 Å². The lowest BCUT2D eigenvalue weighted by molar-refractivity contribution is -0.131. The molecule has 1 aromatic rings. The van der Waals surface area contributed by atoms with Crippen molar-refractivity contribution < 1.29 is 9.53 Å². The molecule has 1 aliphatic carbocycles. The smallest absolute Gasteiger partial charge is 0.273 e. The Bertz CT molecular complexity index is 578. The molecule has 0 saturated heterocycles. The van der Waals surface area contributed by atoms with Gasteiger partial charge in [-0.05, 0) is 31.2 Å². The number of carbonyl (C=O) groups is 1. The molecular weight excluding hydrogens is 290 g/mol. The maximum Gasteiger partial charge on any atom is 0.273 e. The highest BCUT2D eigenvalue weighted by Gasteiger charge is 2.23. The fourth-order valence-electron chi connectivity index (χ4n) is 2.97. The number of nitrogens with zero attached hydrogens (tertiary/aromatic N) is 2. The number of ether oxygens (including phenoxy) is 1. The van der Waals surface area contributed by atoms with Crippen molar-refractivity contribution in [3.63, 3.8) is 0 Å². The first-order chi connectivity index (χ1) is 11.3. The van der Waals surface area contributed by atoms with Crippen molar-refractivity contribution in [1.82, 2.24) is 5.43 Å². The van der Waals surface area contributed by atoms with E-state index in [4.69, 9.17) is 10.00 Å². The summed E-state index contributed by atoms with van der Waals surface area (Å²) in [6, 6.07) is 11.6. The summed E-state index contributed by atoms with van der Waals surface area (Å²) in [5.41, 5.74) is 4.46. The lowest BCUT2D eigenvalue weighted by Gasteiger charge is -2.23. The van der Waals surface area contributed by atoms with E-state index in [1.165, 1.54) is 7.11 Å². The van der Waals surface area contributed by atoms with Crippen molar-refractivity contribution in [2.45, 2.75) is 44.6 Å². The SMILES string of the molecule is CO[C@@H](C(=O)N/N=C1/CCCC[C@H]1CCC#N)c1ccccc1. The number of hydrazone groups is 1. The summed E-state index contributed by atoms with van der Waals surface area (Å²) in [5, 5.41) is 13.1. The van der Waals surface area contributed by atoms with E-state index in [1.54, 1.807) is 0 Å². The molecule has 122 valence electrons. The van der Waals surface area contributed by atoms with Crippen LogP contribution in [0, 0.1) is 17.2 Å². The molecule has 5 heteroatoms. The molecule has 0 heterocycles. The molecule has 0 unspecified atom stereocenters. The van der Waals surface area contributed by atoms with Gasteiger partial charge in [0.1, 0.15) is 0 Å². The molecule has 1 N–H and O–H groups in total. The number of benzene rings is 1. The van der Waals surface area contributed by atoms with Crippen LogP contribution in [0.2, 0.25) is 0 Å². The second-order valence-electron chi connectivity index (χ2n) is 5.75. The van der Waals surface area contributed by atoms with E-state index >= 15 is 0 Å². The Hall–Kier alpha value is -2.19. The van der Waals surface area contributed by atoms with Gasteiger partial charge < -0.3 is 4.74 Å². The van der Waals surface area contributed by atoms with Crippen LogP contribution in [0.15, 0.2) is 35.4 Å². The maximum absolute atomic E-state index is 12.3. The minimum Gasteiger partial charge on any atom is -0.367 e. The zero-order valence-corrected chi connectivity index (χ0v) is 13.5. The standard InChI is InChI=1S/C18H23N3O2/c1-23-17(15-9-3-2-4-10-15)18(22)21-20-16-12-6-5-8-14(16)11-7-13-19/h2-4,9-10,14,17H,5-8,11-12H2,1H3,(H,21,22)/b20-16-/t14-,17+/m0/s1. The van der Waals surface area contributed by atoms with Gasteiger partial charge in [0, 0.05) is 25.2 Å². The molecule has 0 spiro atoms. The Balaban J connectivity index is 2.01. The summed E-state index contributed by atoms with van der Waals surface area (Å²) in [4.78, 5) is 12.3. The maximum atomic E-state index is 12.3. The normalized spacial score (nSPS) is 20.7. The number of methoxy groups -OCH3 is 1. The number of hydrogen-bond acceptors (Lipinski definition) is 4. The van der Waals surface area contributed by atoms with E-state index < -0.39 is 6.10 Å². The number of carbonyl (C=O) groups excluding carboxylic acids is 1.